The van der Waals surface area contributed by atoms with E-state index in [0.29, 0.717) is 6.54 Å². The zero-order valence-corrected chi connectivity index (χ0v) is 8.01. The topological polar surface area (TPSA) is 56.7 Å². The van der Waals surface area contributed by atoms with Gasteiger partial charge in [-0.3, -0.25) is 9.67 Å². The summed E-state index contributed by atoms with van der Waals surface area (Å²) in [5.74, 6) is 0. The minimum Gasteiger partial charge on any atom is -0.326 e. The first-order chi connectivity index (χ1) is 6.79. The van der Waals surface area contributed by atoms with Crippen LogP contribution in [0.15, 0.2) is 30.9 Å². The molecule has 0 aliphatic carbocycles. The van der Waals surface area contributed by atoms with E-state index >= 15 is 0 Å². The van der Waals surface area contributed by atoms with Crippen molar-refractivity contribution in [1.29, 1.82) is 0 Å². The molecule has 0 amide bonds. The van der Waals surface area contributed by atoms with Gasteiger partial charge in [0.1, 0.15) is 0 Å². The van der Waals surface area contributed by atoms with Crippen molar-refractivity contribution in [1.82, 2.24) is 14.8 Å². The Morgan fingerprint density at radius 3 is 2.79 bits per heavy atom. The Labute approximate surface area is 82.4 Å². The summed E-state index contributed by atoms with van der Waals surface area (Å²) in [5.41, 5.74) is 8.70. The summed E-state index contributed by atoms with van der Waals surface area (Å²) in [6.45, 7) is 0.515. The van der Waals surface area contributed by atoms with Crippen molar-refractivity contribution < 1.29 is 0 Å². The van der Waals surface area contributed by atoms with E-state index in [1.54, 1.807) is 10.9 Å². The van der Waals surface area contributed by atoms with Gasteiger partial charge in [-0.1, -0.05) is 0 Å². The predicted octanol–water partition coefficient (Wildman–Crippen LogP) is 0.941. The van der Waals surface area contributed by atoms with E-state index < -0.39 is 0 Å². The van der Waals surface area contributed by atoms with Gasteiger partial charge in [0, 0.05) is 43.3 Å². The Hall–Kier alpha value is -1.68. The summed E-state index contributed by atoms with van der Waals surface area (Å²) in [4.78, 5) is 4.12. The van der Waals surface area contributed by atoms with Gasteiger partial charge in [-0.25, -0.2) is 0 Å². The second-order valence-corrected chi connectivity index (χ2v) is 3.19. The van der Waals surface area contributed by atoms with Crippen LogP contribution in [-0.2, 0) is 13.6 Å². The summed E-state index contributed by atoms with van der Waals surface area (Å²) in [6, 6.07) is 2.03. The van der Waals surface area contributed by atoms with Gasteiger partial charge in [-0.05, 0) is 11.6 Å². The number of nitrogens with zero attached hydrogens (tertiary/aromatic N) is 3. The molecule has 2 aromatic rings. The van der Waals surface area contributed by atoms with E-state index in [2.05, 4.69) is 10.1 Å². The number of rotatable bonds is 2. The zero-order valence-electron chi connectivity index (χ0n) is 8.01. The van der Waals surface area contributed by atoms with Gasteiger partial charge in [0.25, 0.3) is 0 Å². The largest absolute Gasteiger partial charge is 0.326 e. The molecule has 0 aliphatic rings. The Balaban J connectivity index is 2.41. The maximum Gasteiger partial charge on any atom is 0.0568 e. The lowest BCUT2D eigenvalue weighted by Crippen LogP contribution is -1.96. The number of hydrogen-bond donors (Lipinski definition) is 1. The van der Waals surface area contributed by atoms with E-state index in [1.807, 2.05) is 31.7 Å². The van der Waals surface area contributed by atoms with Crippen molar-refractivity contribution in [3.05, 3.63) is 36.4 Å². The lowest BCUT2D eigenvalue weighted by Gasteiger charge is -1.99. The first kappa shape index (κ1) is 8.90. The van der Waals surface area contributed by atoms with E-state index in [4.69, 9.17) is 5.73 Å². The third-order valence-electron chi connectivity index (χ3n) is 2.07. The van der Waals surface area contributed by atoms with E-state index in [-0.39, 0.29) is 0 Å². The SMILES string of the molecule is Cn1cc(-c2cncc(CN)c2)cn1. The molecule has 0 unspecified atom stereocenters. The minimum absolute atomic E-state index is 0.515. The maximum absolute atomic E-state index is 5.54. The molecule has 14 heavy (non-hydrogen) atoms. The van der Waals surface area contributed by atoms with Crippen LogP contribution in [0.5, 0.6) is 0 Å². The fourth-order valence-corrected chi connectivity index (χ4v) is 1.33. The van der Waals surface area contributed by atoms with Crippen LogP contribution in [0.3, 0.4) is 0 Å². The molecule has 0 spiro atoms. The van der Waals surface area contributed by atoms with Crippen molar-refractivity contribution in [3.63, 3.8) is 0 Å². The molecule has 72 valence electrons. The highest BCUT2D eigenvalue weighted by atomic mass is 15.2. The molecular formula is C10H12N4. The summed E-state index contributed by atoms with van der Waals surface area (Å²) in [6.07, 6.45) is 7.37. The minimum atomic E-state index is 0.515. The molecule has 2 heterocycles. The fourth-order valence-electron chi connectivity index (χ4n) is 1.33. The fraction of sp³-hybridized carbons (Fsp3) is 0.200. The van der Waals surface area contributed by atoms with Gasteiger partial charge in [0.15, 0.2) is 0 Å². The quantitative estimate of drug-likeness (QED) is 0.763. The van der Waals surface area contributed by atoms with Crippen LogP contribution >= 0.6 is 0 Å². The Morgan fingerprint density at radius 1 is 1.29 bits per heavy atom. The van der Waals surface area contributed by atoms with Gasteiger partial charge < -0.3 is 5.73 Å². The van der Waals surface area contributed by atoms with Crippen LogP contribution in [0.4, 0.5) is 0 Å². The van der Waals surface area contributed by atoms with Crippen LogP contribution < -0.4 is 5.73 Å². The first-order valence-electron chi connectivity index (χ1n) is 4.42. The van der Waals surface area contributed by atoms with Crippen LogP contribution in [0.25, 0.3) is 11.1 Å². The molecule has 2 rings (SSSR count). The molecule has 0 bridgehead atoms. The normalized spacial score (nSPS) is 10.4. The first-order valence-corrected chi connectivity index (χ1v) is 4.42. The maximum atomic E-state index is 5.54. The average molecular weight is 188 g/mol. The van der Waals surface area contributed by atoms with Crippen LogP contribution in [0.2, 0.25) is 0 Å². The molecule has 2 aromatic heterocycles. The summed E-state index contributed by atoms with van der Waals surface area (Å²) in [5, 5.41) is 4.11. The van der Waals surface area contributed by atoms with Crippen molar-refractivity contribution in [3.8, 4) is 11.1 Å². The molecular weight excluding hydrogens is 176 g/mol. The van der Waals surface area contributed by atoms with Gasteiger partial charge in [0.05, 0.1) is 6.20 Å². The highest BCUT2D eigenvalue weighted by Gasteiger charge is 2.01. The summed E-state index contributed by atoms with van der Waals surface area (Å²) in [7, 11) is 1.89. The Morgan fingerprint density at radius 2 is 2.14 bits per heavy atom. The van der Waals surface area contributed by atoms with Crippen molar-refractivity contribution in [2.24, 2.45) is 12.8 Å². The van der Waals surface area contributed by atoms with Gasteiger partial charge >= 0.3 is 0 Å². The highest BCUT2D eigenvalue weighted by Crippen LogP contribution is 2.17. The number of hydrogen-bond acceptors (Lipinski definition) is 3. The molecule has 0 aromatic carbocycles. The van der Waals surface area contributed by atoms with Crippen LogP contribution in [0, 0.1) is 0 Å². The van der Waals surface area contributed by atoms with E-state index in [9.17, 15) is 0 Å². The van der Waals surface area contributed by atoms with Crippen LogP contribution in [0.1, 0.15) is 5.56 Å². The molecule has 0 aliphatic heterocycles. The molecule has 0 radical (unpaired) electrons. The number of aromatic nitrogens is 3. The third-order valence-corrected chi connectivity index (χ3v) is 2.07. The highest BCUT2D eigenvalue weighted by molar-refractivity contribution is 5.61. The number of pyridine rings is 1. The Kier molecular flexibility index (Phi) is 2.28. The molecule has 4 nitrogen and oxygen atoms in total. The van der Waals surface area contributed by atoms with Crippen molar-refractivity contribution in [2.75, 3.05) is 0 Å². The van der Waals surface area contributed by atoms with Crippen molar-refractivity contribution >= 4 is 0 Å². The predicted molar refractivity (Wildman–Crippen MR) is 54.3 cm³/mol. The molecule has 0 atom stereocenters. The molecule has 2 N–H and O–H groups in total. The second kappa shape index (κ2) is 3.59. The standard InChI is InChI=1S/C10H12N4/c1-14-7-10(6-13-14)9-2-8(3-11)4-12-5-9/h2,4-7H,3,11H2,1H3. The third kappa shape index (κ3) is 1.65. The van der Waals surface area contributed by atoms with Gasteiger partial charge in [0.2, 0.25) is 0 Å². The average Bonchev–Trinajstić information content (AvgIpc) is 2.65. The lowest BCUT2D eigenvalue weighted by molar-refractivity contribution is 0.768. The van der Waals surface area contributed by atoms with Crippen LogP contribution in [-0.4, -0.2) is 14.8 Å². The summed E-state index contributed by atoms with van der Waals surface area (Å²) < 4.78 is 1.77. The van der Waals surface area contributed by atoms with Gasteiger partial charge in [-0.15, -0.1) is 0 Å². The van der Waals surface area contributed by atoms with E-state index in [1.165, 1.54) is 0 Å². The smallest absolute Gasteiger partial charge is 0.0568 e. The number of nitrogens with two attached hydrogens (primary N) is 1. The lowest BCUT2D eigenvalue weighted by atomic mass is 10.1. The van der Waals surface area contributed by atoms with Crippen molar-refractivity contribution in [2.45, 2.75) is 6.54 Å². The Bertz CT molecular complexity index is 433. The molecule has 4 heteroatoms. The zero-order chi connectivity index (χ0) is 9.97. The monoisotopic (exact) mass is 188 g/mol. The summed E-state index contributed by atoms with van der Waals surface area (Å²) >= 11 is 0. The van der Waals surface area contributed by atoms with E-state index in [0.717, 1.165) is 16.7 Å². The molecule has 0 saturated carbocycles. The van der Waals surface area contributed by atoms with Gasteiger partial charge in [-0.2, -0.15) is 5.10 Å². The molecule has 0 fully saturated rings. The second-order valence-electron chi connectivity index (χ2n) is 3.19. The number of aryl methyl sites for hydroxylation is 1. The molecule has 0 saturated heterocycles.